The van der Waals surface area contributed by atoms with Crippen LogP contribution in [0, 0.1) is 18.4 Å². The zero-order chi connectivity index (χ0) is 23.6. The monoisotopic (exact) mass is 463 g/mol. The number of hydrogen-bond donors (Lipinski definition) is 0. The number of aromatic nitrogens is 3. The highest BCUT2D eigenvalue weighted by molar-refractivity contribution is 7.98. The van der Waals surface area contributed by atoms with Gasteiger partial charge in [0.15, 0.2) is 10.8 Å². The molecule has 2 aromatic heterocycles. The van der Waals surface area contributed by atoms with E-state index in [2.05, 4.69) is 58.0 Å². The van der Waals surface area contributed by atoms with Crippen molar-refractivity contribution in [1.29, 1.82) is 0 Å². The SMILES string of the molecule is CSc1ncc2c(C#C[Si](C(C)C)(C(C)C)C(C)C)c(C)c(=O)n(-c3ccccc3)c2n1. The van der Waals surface area contributed by atoms with Gasteiger partial charge in [-0.05, 0) is 41.9 Å². The Bertz CT molecular complexity index is 1220. The first-order valence-electron chi connectivity index (χ1n) is 11.2. The van der Waals surface area contributed by atoms with Gasteiger partial charge in [-0.15, -0.1) is 5.54 Å². The molecule has 0 amide bonds. The lowest BCUT2D eigenvalue weighted by Crippen LogP contribution is -2.43. The van der Waals surface area contributed by atoms with Crippen molar-refractivity contribution in [2.75, 3.05) is 6.26 Å². The van der Waals surface area contributed by atoms with E-state index >= 15 is 0 Å². The maximum Gasteiger partial charge on any atom is 0.260 e. The van der Waals surface area contributed by atoms with E-state index in [1.807, 2.05) is 49.7 Å². The third-order valence-corrected chi connectivity index (χ3v) is 13.4. The number of rotatable bonds is 5. The van der Waals surface area contributed by atoms with Crippen molar-refractivity contribution < 1.29 is 0 Å². The summed E-state index contributed by atoms with van der Waals surface area (Å²) in [7, 11) is -1.95. The van der Waals surface area contributed by atoms with Gasteiger partial charge in [-0.2, -0.15) is 0 Å². The zero-order valence-corrected chi connectivity index (χ0v) is 22.2. The maximum atomic E-state index is 13.6. The standard InChI is InChI=1S/C26H33N3OSSi/c1-17(2)32(18(3)4,19(5)6)15-14-22-20(7)25(30)29(21-12-10-9-11-13-21)24-23(22)16-27-26(28-24)31-8/h9-13,16-19H,1-8H3. The van der Waals surface area contributed by atoms with Gasteiger partial charge in [0.25, 0.3) is 5.56 Å². The second kappa shape index (κ2) is 9.64. The average molecular weight is 464 g/mol. The summed E-state index contributed by atoms with van der Waals surface area (Å²) in [5.41, 5.74) is 8.08. The summed E-state index contributed by atoms with van der Waals surface area (Å²) in [4.78, 5) is 22.8. The fraction of sp³-hybridized carbons (Fsp3) is 0.423. The van der Waals surface area contributed by atoms with Crippen LogP contribution in [0.1, 0.15) is 52.7 Å². The van der Waals surface area contributed by atoms with E-state index in [1.54, 1.807) is 4.57 Å². The molecular weight excluding hydrogens is 430 g/mol. The Morgan fingerprint density at radius 1 is 1.00 bits per heavy atom. The molecular formula is C26H33N3OSSi. The Labute approximate surface area is 196 Å². The van der Waals surface area contributed by atoms with Gasteiger partial charge in [0.05, 0.1) is 11.1 Å². The van der Waals surface area contributed by atoms with Crippen LogP contribution in [0.4, 0.5) is 0 Å². The average Bonchev–Trinajstić information content (AvgIpc) is 2.76. The highest BCUT2D eigenvalue weighted by atomic mass is 32.2. The molecule has 4 nitrogen and oxygen atoms in total. The lowest BCUT2D eigenvalue weighted by atomic mass is 10.1. The van der Waals surface area contributed by atoms with Gasteiger partial charge in [-0.3, -0.25) is 9.36 Å². The molecule has 0 aliphatic rings. The maximum absolute atomic E-state index is 13.6. The quantitative estimate of drug-likeness (QED) is 0.191. The lowest BCUT2D eigenvalue weighted by molar-refractivity contribution is 0.838. The van der Waals surface area contributed by atoms with Crippen LogP contribution >= 0.6 is 11.8 Å². The number of para-hydroxylation sites is 1. The summed E-state index contributed by atoms with van der Waals surface area (Å²) in [6.07, 6.45) is 3.77. The van der Waals surface area contributed by atoms with Gasteiger partial charge in [0.1, 0.15) is 8.07 Å². The van der Waals surface area contributed by atoms with E-state index < -0.39 is 8.07 Å². The number of pyridine rings is 1. The lowest BCUT2D eigenvalue weighted by Gasteiger charge is -2.38. The summed E-state index contributed by atoms with van der Waals surface area (Å²) in [6, 6.07) is 9.67. The highest BCUT2D eigenvalue weighted by Gasteiger charge is 2.41. The molecule has 2 heterocycles. The van der Waals surface area contributed by atoms with E-state index in [9.17, 15) is 4.79 Å². The van der Waals surface area contributed by atoms with Gasteiger partial charge in [-0.1, -0.05) is 77.4 Å². The van der Waals surface area contributed by atoms with Crippen LogP contribution in [0.3, 0.4) is 0 Å². The first kappa shape index (κ1) is 24.3. The van der Waals surface area contributed by atoms with E-state index in [4.69, 9.17) is 4.98 Å². The molecule has 0 N–H and O–H groups in total. The Kier molecular flexibility index (Phi) is 7.31. The van der Waals surface area contributed by atoms with Crippen molar-refractivity contribution in [2.45, 2.75) is 70.2 Å². The van der Waals surface area contributed by atoms with Gasteiger partial charge >= 0.3 is 0 Å². The smallest absolute Gasteiger partial charge is 0.260 e. The molecule has 1 aromatic carbocycles. The molecule has 3 aromatic rings. The molecule has 0 spiro atoms. The molecule has 168 valence electrons. The van der Waals surface area contributed by atoms with Crippen molar-refractivity contribution in [2.24, 2.45) is 0 Å². The van der Waals surface area contributed by atoms with Crippen molar-refractivity contribution in [3.05, 3.63) is 58.0 Å². The summed E-state index contributed by atoms with van der Waals surface area (Å²) < 4.78 is 1.69. The van der Waals surface area contributed by atoms with Gasteiger partial charge in [0.2, 0.25) is 0 Å². The van der Waals surface area contributed by atoms with Gasteiger partial charge in [0, 0.05) is 17.3 Å². The Morgan fingerprint density at radius 3 is 2.12 bits per heavy atom. The highest BCUT2D eigenvalue weighted by Crippen LogP contribution is 2.41. The minimum atomic E-state index is -1.95. The molecule has 0 radical (unpaired) electrons. The fourth-order valence-electron chi connectivity index (χ4n) is 4.96. The Morgan fingerprint density at radius 2 is 1.59 bits per heavy atom. The molecule has 0 bridgehead atoms. The van der Waals surface area contributed by atoms with Crippen LogP contribution in [0.2, 0.25) is 16.6 Å². The van der Waals surface area contributed by atoms with Crippen LogP contribution in [0.25, 0.3) is 16.7 Å². The molecule has 0 aliphatic heterocycles. The first-order valence-corrected chi connectivity index (χ1v) is 14.7. The van der Waals surface area contributed by atoms with Crippen LogP contribution in [-0.4, -0.2) is 28.9 Å². The molecule has 0 saturated heterocycles. The predicted molar refractivity (Wildman–Crippen MR) is 140 cm³/mol. The summed E-state index contributed by atoms with van der Waals surface area (Å²) in [5, 5.41) is 1.47. The molecule has 0 fully saturated rings. The molecule has 32 heavy (non-hydrogen) atoms. The summed E-state index contributed by atoms with van der Waals surface area (Å²) in [5.74, 6) is 3.51. The zero-order valence-electron chi connectivity index (χ0n) is 20.4. The van der Waals surface area contributed by atoms with Crippen LogP contribution in [0.15, 0.2) is 46.5 Å². The van der Waals surface area contributed by atoms with Gasteiger partial charge < -0.3 is 0 Å². The topological polar surface area (TPSA) is 47.8 Å². The number of benzene rings is 1. The van der Waals surface area contributed by atoms with E-state index in [0.29, 0.717) is 33.0 Å². The van der Waals surface area contributed by atoms with Crippen molar-refractivity contribution in [3.63, 3.8) is 0 Å². The number of thioether (sulfide) groups is 1. The van der Waals surface area contributed by atoms with E-state index in [1.165, 1.54) is 11.8 Å². The first-order chi connectivity index (χ1) is 15.1. The molecule has 0 unspecified atom stereocenters. The van der Waals surface area contributed by atoms with Crippen molar-refractivity contribution in [3.8, 4) is 17.2 Å². The van der Waals surface area contributed by atoms with Crippen LogP contribution < -0.4 is 5.56 Å². The van der Waals surface area contributed by atoms with Crippen LogP contribution in [-0.2, 0) is 0 Å². The number of nitrogens with zero attached hydrogens (tertiary/aromatic N) is 3. The third kappa shape index (κ3) is 4.16. The molecule has 0 aliphatic carbocycles. The predicted octanol–water partition coefficient (Wildman–Crippen LogP) is 6.38. The summed E-state index contributed by atoms with van der Waals surface area (Å²) in [6.45, 7) is 15.7. The van der Waals surface area contributed by atoms with Crippen molar-refractivity contribution in [1.82, 2.24) is 14.5 Å². The second-order valence-corrected chi connectivity index (χ2v) is 15.6. The van der Waals surface area contributed by atoms with E-state index in [-0.39, 0.29) is 5.56 Å². The Hall–Kier alpha value is -2.36. The van der Waals surface area contributed by atoms with Crippen LogP contribution in [0.5, 0.6) is 0 Å². The van der Waals surface area contributed by atoms with Crippen molar-refractivity contribution >= 4 is 30.9 Å². The Balaban J connectivity index is 2.40. The largest absolute Gasteiger partial charge is 0.269 e. The number of fused-ring (bicyclic) bond motifs is 1. The normalized spacial score (nSPS) is 12.0. The van der Waals surface area contributed by atoms with Gasteiger partial charge in [-0.25, -0.2) is 9.97 Å². The molecule has 0 atom stereocenters. The minimum Gasteiger partial charge on any atom is -0.269 e. The summed E-state index contributed by atoms with van der Waals surface area (Å²) >= 11 is 1.47. The molecule has 3 rings (SSSR count). The molecule has 0 saturated carbocycles. The minimum absolute atomic E-state index is 0.0790. The molecule has 6 heteroatoms. The van der Waals surface area contributed by atoms with E-state index in [0.717, 1.165) is 16.6 Å². The fourth-order valence-corrected chi connectivity index (χ4v) is 10.5. The number of hydrogen-bond acceptors (Lipinski definition) is 4. The second-order valence-electron chi connectivity index (χ2n) is 9.22. The third-order valence-electron chi connectivity index (χ3n) is 6.59.